The van der Waals surface area contributed by atoms with E-state index in [0.29, 0.717) is 25.4 Å². The highest BCUT2D eigenvalue weighted by atomic mass is 32.1. The monoisotopic (exact) mass is 451 g/mol. The Hall–Kier alpha value is -2.60. The molecule has 1 aliphatic rings. The maximum Gasteiger partial charge on any atom is 0.433 e. The van der Waals surface area contributed by atoms with Gasteiger partial charge in [-0.05, 0) is 36.2 Å². The molecule has 0 radical (unpaired) electrons. The van der Waals surface area contributed by atoms with E-state index in [1.807, 2.05) is 19.1 Å². The van der Waals surface area contributed by atoms with Gasteiger partial charge in [-0.15, -0.1) is 11.3 Å². The van der Waals surface area contributed by atoms with Crippen molar-refractivity contribution in [2.45, 2.75) is 31.8 Å². The van der Waals surface area contributed by atoms with Crippen LogP contribution in [0.5, 0.6) is 0 Å². The number of nitrogens with zero attached hydrogens (tertiary/aromatic N) is 3. The molecule has 1 aliphatic heterocycles. The maximum absolute atomic E-state index is 12.9. The minimum absolute atomic E-state index is 0.116. The zero-order valence-electron chi connectivity index (χ0n) is 16.5. The van der Waals surface area contributed by atoms with Crippen LogP contribution in [0.4, 0.5) is 24.8 Å². The molecule has 0 amide bonds. The van der Waals surface area contributed by atoms with Gasteiger partial charge in [-0.25, -0.2) is 15.0 Å². The van der Waals surface area contributed by atoms with Crippen LogP contribution in [0.3, 0.4) is 0 Å². The van der Waals surface area contributed by atoms with E-state index in [1.165, 1.54) is 11.3 Å². The van der Waals surface area contributed by atoms with Crippen molar-refractivity contribution in [2.75, 3.05) is 18.5 Å². The molecule has 3 heterocycles. The minimum atomic E-state index is -4.54. The number of anilines is 2. The van der Waals surface area contributed by atoms with Crippen LogP contribution in [0.1, 0.15) is 16.3 Å². The molecule has 3 aromatic rings. The number of hydrogen-bond acceptors (Lipinski definition) is 8. The second-order valence-corrected chi connectivity index (χ2v) is 8.30. The first-order valence-corrected chi connectivity index (χ1v) is 10.3. The van der Waals surface area contributed by atoms with E-state index in [1.54, 1.807) is 12.3 Å². The summed E-state index contributed by atoms with van der Waals surface area (Å²) in [7, 11) is 0. The molecule has 7 nitrogen and oxygen atoms in total. The molecule has 0 aliphatic carbocycles. The standard InChI is InChI=1S/C20H20F3N5O2S/c1-11-4-12(16-7-26-18(31-16)8-25-14-9-30-10-15(14)29)6-13(5-11)27-19-24-3-2-17(28-19)20(21,22)23/h2-7,14-15,25,29H,8-10H2,1H3,(H,24,27,28). The Morgan fingerprint density at radius 2 is 2.06 bits per heavy atom. The van der Waals surface area contributed by atoms with Gasteiger partial charge in [0.25, 0.3) is 0 Å². The summed E-state index contributed by atoms with van der Waals surface area (Å²) in [5, 5.41) is 16.7. The summed E-state index contributed by atoms with van der Waals surface area (Å²) in [5.74, 6) is -0.127. The highest BCUT2D eigenvalue weighted by Crippen LogP contribution is 2.31. The molecule has 1 fully saturated rings. The van der Waals surface area contributed by atoms with Crippen LogP contribution in [0, 0.1) is 6.92 Å². The van der Waals surface area contributed by atoms with Gasteiger partial charge < -0.3 is 20.5 Å². The lowest BCUT2D eigenvalue weighted by molar-refractivity contribution is -0.141. The smallest absolute Gasteiger partial charge is 0.389 e. The van der Waals surface area contributed by atoms with Crippen molar-refractivity contribution >= 4 is 23.0 Å². The average molecular weight is 451 g/mol. The molecular weight excluding hydrogens is 431 g/mol. The number of aromatic nitrogens is 3. The van der Waals surface area contributed by atoms with Gasteiger partial charge in [0.1, 0.15) is 10.7 Å². The van der Waals surface area contributed by atoms with Crippen molar-refractivity contribution in [2.24, 2.45) is 0 Å². The summed E-state index contributed by atoms with van der Waals surface area (Å²) < 4.78 is 43.9. The fourth-order valence-electron chi connectivity index (χ4n) is 3.19. The summed E-state index contributed by atoms with van der Waals surface area (Å²) in [4.78, 5) is 12.8. The van der Waals surface area contributed by atoms with E-state index >= 15 is 0 Å². The number of aryl methyl sites for hydroxylation is 1. The topological polar surface area (TPSA) is 92.2 Å². The van der Waals surface area contributed by atoms with Crippen LogP contribution in [0.15, 0.2) is 36.7 Å². The Kier molecular flexibility index (Phi) is 6.19. The van der Waals surface area contributed by atoms with E-state index in [-0.39, 0.29) is 12.0 Å². The number of nitrogens with one attached hydrogen (secondary N) is 2. The van der Waals surface area contributed by atoms with Gasteiger partial charge in [0, 0.05) is 24.6 Å². The van der Waals surface area contributed by atoms with Gasteiger partial charge in [-0.3, -0.25) is 0 Å². The molecule has 1 saturated heterocycles. The lowest BCUT2D eigenvalue weighted by Gasteiger charge is -2.12. The summed E-state index contributed by atoms with van der Waals surface area (Å²) in [5.41, 5.74) is 1.37. The molecule has 2 atom stereocenters. The Morgan fingerprint density at radius 1 is 1.23 bits per heavy atom. The SMILES string of the molecule is Cc1cc(Nc2nccc(C(F)(F)F)n2)cc(-c2cnc(CNC3COCC3O)s2)c1. The highest BCUT2D eigenvalue weighted by Gasteiger charge is 2.32. The predicted octanol–water partition coefficient (Wildman–Crippen LogP) is 3.52. The molecule has 31 heavy (non-hydrogen) atoms. The largest absolute Gasteiger partial charge is 0.433 e. The molecular formula is C20H20F3N5O2S. The zero-order valence-corrected chi connectivity index (χ0v) is 17.3. The van der Waals surface area contributed by atoms with Gasteiger partial charge >= 0.3 is 6.18 Å². The number of benzene rings is 1. The predicted molar refractivity (Wildman–Crippen MR) is 110 cm³/mol. The number of rotatable bonds is 6. The maximum atomic E-state index is 12.9. The summed E-state index contributed by atoms with van der Waals surface area (Å²) >= 11 is 1.50. The van der Waals surface area contributed by atoms with Gasteiger partial charge in [0.05, 0.1) is 30.2 Å². The van der Waals surface area contributed by atoms with Crippen molar-refractivity contribution in [1.29, 1.82) is 0 Å². The van der Waals surface area contributed by atoms with Crippen LogP contribution in [0.25, 0.3) is 10.4 Å². The lowest BCUT2D eigenvalue weighted by atomic mass is 10.1. The molecule has 11 heteroatoms. The Bertz CT molecular complexity index is 1060. The van der Waals surface area contributed by atoms with Gasteiger partial charge in [-0.2, -0.15) is 13.2 Å². The highest BCUT2D eigenvalue weighted by molar-refractivity contribution is 7.15. The quantitative estimate of drug-likeness (QED) is 0.528. The van der Waals surface area contributed by atoms with Crippen LogP contribution >= 0.6 is 11.3 Å². The molecule has 2 aromatic heterocycles. The Morgan fingerprint density at radius 3 is 2.81 bits per heavy atom. The normalized spacial score (nSPS) is 19.0. The molecule has 4 rings (SSSR count). The van der Waals surface area contributed by atoms with Crippen molar-refractivity contribution in [1.82, 2.24) is 20.3 Å². The minimum Gasteiger partial charge on any atom is -0.389 e. The molecule has 0 bridgehead atoms. The fraction of sp³-hybridized carbons (Fsp3) is 0.350. The number of hydrogen-bond donors (Lipinski definition) is 3. The van der Waals surface area contributed by atoms with Crippen molar-refractivity contribution in [3.05, 3.63) is 52.9 Å². The van der Waals surface area contributed by atoms with Crippen LogP contribution in [-0.4, -0.2) is 45.4 Å². The van der Waals surface area contributed by atoms with E-state index in [0.717, 1.165) is 33.3 Å². The molecule has 2 unspecified atom stereocenters. The number of aliphatic hydroxyl groups is 1. The van der Waals surface area contributed by atoms with Crippen molar-refractivity contribution in [3.63, 3.8) is 0 Å². The summed E-state index contributed by atoms with van der Waals surface area (Å²) in [6.07, 6.45) is -2.24. The van der Waals surface area contributed by atoms with Gasteiger partial charge in [0.2, 0.25) is 5.95 Å². The first kappa shape index (κ1) is 21.6. The van der Waals surface area contributed by atoms with Gasteiger partial charge in [0.15, 0.2) is 0 Å². The Labute approximate surface area is 180 Å². The van der Waals surface area contributed by atoms with Crippen LogP contribution in [0.2, 0.25) is 0 Å². The third-order valence-corrected chi connectivity index (χ3v) is 5.73. The molecule has 1 aromatic carbocycles. The van der Waals surface area contributed by atoms with Gasteiger partial charge in [-0.1, -0.05) is 6.07 Å². The Balaban J connectivity index is 1.49. The van der Waals surface area contributed by atoms with E-state index in [2.05, 4.69) is 25.6 Å². The van der Waals surface area contributed by atoms with Crippen molar-refractivity contribution < 1.29 is 23.0 Å². The number of thiazole rings is 1. The molecule has 164 valence electrons. The molecule has 3 N–H and O–H groups in total. The number of halogens is 3. The molecule has 0 saturated carbocycles. The summed E-state index contributed by atoms with van der Waals surface area (Å²) in [6.45, 7) is 3.19. The number of alkyl halides is 3. The van der Waals surface area contributed by atoms with E-state index in [9.17, 15) is 18.3 Å². The zero-order chi connectivity index (χ0) is 22.0. The number of aliphatic hydroxyl groups excluding tert-OH is 1. The first-order chi connectivity index (χ1) is 14.8. The second kappa shape index (κ2) is 8.87. The van der Waals surface area contributed by atoms with Crippen LogP contribution in [-0.2, 0) is 17.5 Å². The average Bonchev–Trinajstić information content (AvgIpc) is 3.34. The first-order valence-electron chi connectivity index (χ1n) is 9.51. The van der Waals surface area contributed by atoms with Crippen LogP contribution < -0.4 is 10.6 Å². The third-order valence-electron chi connectivity index (χ3n) is 4.68. The summed E-state index contributed by atoms with van der Waals surface area (Å²) in [6, 6.07) is 6.30. The fourth-order valence-corrected chi connectivity index (χ4v) is 4.04. The third kappa shape index (κ3) is 5.37. The van der Waals surface area contributed by atoms with Crippen molar-refractivity contribution in [3.8, 4) is 10.4 Å². The second-order valence-electron chi connectivity index (χ2n) is 7.19. The number of ether oxygens (including phenoxy) is 1. The van der Waals surface area contributed by atoms with E-state index in [4.69, 9.17) is 4.74 Å². The lowest BCUT2D eigenvalue weighted by Crippen LogP contribution is -2.38. The molecule has 0 spiro atoms. The van der Waals surface area contributed by atoms with E-state index < -0.39 is 18.0 Å².